The minimum atomic E-state index is -0.0790. The van der Waals surface area contributed by atoms with E-state index in [1.165, 1.54) is 6.39 Å². The third kappa shape index (κ3) is 5.94. The number of halogens is 2. The molecular weight excluding hydrogens is 389 g/mol. The number of carbonyl (C=O) groups excluding carboxylic acids is 1. The highest BCUT2D eigenvalue weighted by Crippen LogP contribution is 2.25. The monoisotopic (exact) mass is 415 g/mol. The van der Waals surface area contributed by atoms with Gasteiger partial charge in [-0.3, -0.25) is 4.79 Å². The summed E-state index contributed by atoms with van der Waals surface area (Å²) in [6.07, 6.45) is 4.11. The molecule has 2 N–H and O–H groups in total. The molecular formula is C19H27Cl2N3O3. The molecule has 1 saturated heterocycles. The minimum Gasteiger partial charge on any atom is -0.443 e. The van der Waals surface area contributed by atoms with Gasteiger partial charge in [-0.1, -0.05) is 29.8 Å². The number of piperidine rings is 1. The largest absolute Gasteiger partial charge is 0.443 e. The van der Waals surface area contributed by atoms with E-state index in [1.54, 1.807) is 0 Å². The Bertz CT molecular complexity index is 698. The highest BCUT2D eigenvalue weighted by atomic mass is 35.5. The fourth-order valence-corrected chi connectivity index (χ4v) is 3.02. The summed E-state index contributed by atoms with van der Waals surface area (Å²) in [5.41, 5.74) is 7.89. The number of likely N-dealkylation sites (tertiary alicyclic amines) is 1. The molecule has 0 aliphatic carbocycles. The van der Waals surface area contributed by atoms with Gasteiger partial charge in [0.05, 0.1) is 6.10 Å². The Balaban J connectivity index is 0.00000182. The first kappa shape index (κ1) is 23.4. The molecule has 1 aromatic carbocycles. The van der Waals surface area contributed by atoms with Gasteiger partial charge in [0.1, 0.15) is 0 Å². The molecule has 1 aromatic heterocycles. The topological polar surface area (TPSA) is 81.6 Å². The Morgan fingerprint density at radius 3 is 2.56 bits per heavy atom. The quantitative estimate of drug-likeness (QED) is 0.730. The molecule has 3 rings (SSSR count). The Labute approximate surface area is 172 Å². The van der Waals surface area contributed by atoms with Gasteiger partial charge in [0, 0.05) is 25.3 Å². The van der Waals surface area contributed by atoms with E-state index in [1.807, 2.05) is 36.1 Å². The first-order chi connectivity index (χ1) is 12.2. The molecule has 0 spiro atoms. The van der Waals surface area contributed by atoms with Crippen molar-refractivity contribution in [2.45, 2.75) is 32.3 Å². The van der Waals surface area contributed by atoms with Gasteiger partial charge in [-0.2, -0.15) is 0 Å². The summed E-state index contributed by atoms with van der Waals surface area (Å²) < 4.78 is 11.3. The lowest BCUT2D eigenvalue weighted by Gasteiger charge is -2.31. The fourth-order valence-electron chi connectivity index (χ4n) is 3.02. The smallest absolute Gasteiger partial charge is 0.276 e. The number of rotatable bonds is 6. The Hall–Kier alpha value is -1.60. The average molecular weight is 416 g/mol. The zero-order valence-electron chi connectivity index (χ0n) is 15.4. The SMILES string of the molecule is Cc1ccc(-c2ocnc2C(=O)N2CCC(OCCCN)CC2)cc1.Cl.Cl. The molecule has 2 aromatic rings. The van der Waals surface area contributed by atoms with Crippen LogP contribution in [-0.2, 0) is 4.74 Å². The van der Waals surface area contributed by atoms with Gasteiger partial charge >= 0.3 is 0 Å². The van der Waals surface area contributed by atoms with Crippen LogP contribution in [-0.4, -0.2) is 48.1 Å². The standard InChI is InChI=1S/C19H25N3O3.2ClH/c1-14-3-5-15(6-4-14)18-17(21-13-25-18)19(23)22-10-7-16(8-11-22)24-12-2-9-20;;/h3-6,13,16H,2,7-12,20H2,1H3;2*1H. The maximum absolute atomic E-state index is 12.8. The molecule has 0 bridgehead atoms. The van der Waals surface area contributed by atoms with Crippen molar-refractivity contribution in [2.75, 3.05) is 26.2 Å². The van der Waals surface area contributed by atoms with Crippen molar-refractivity contribution in [2.24, 2.45) is 5.73 Å². The molecule has 0 saturated carbocycles. The minimum absolute atomic E-state index is 0. The Morgan fingerprint density at radius 2 is 1.93 bits per heavy atom. The van der Waals surface area contributed by atoms with E-state index in [9.17, 15) is 4.79 Å². The van der Waals surface area contributed by atoms with Gasteiger partial charge in [0.2, 0.25) is 0 Å². The van der Waals surface area contributed by atoms with Crippen molar-refractivity contribution >= 4 is 30.7 Å². The van der Waals surface area contributed by atoms with Crippen LogP contribution in [0.4, 0.5) is 0 Å². The number of aryl methyl sites for hydroxylation is 1. The van der Waals surface area contributed by atoms with E-state index >= 15 is 0 Å². The number of nitrogens with two attached hydrogens (primary N) is 1. The number of hydrogen-bond acceptors (Lipinski definition) is 5. The van der Waals surface area contributed by atoms with Crippen LogP contribution in [0.2, 0.25) is 0 Å². The molecule has 1 aliphatic heterocycles. The van der Waals surface area contributed by atoms with Crippen LogP contribution in [0.5, 0.6) is 0 Å². The van der Waals surface area contributed by atoms with E-state index in [2.05, 4.69) is 4.98 Å². The highest BCUT2D eigenvalue weighted by Gasteiger charge is 2.28. The molecule has 6 nitrogen and oxygen atoms in total. The molecule has 150 valence electrons. The molecule has 2 heterocycles. The summed E-state index contributed by atoms with van der Waals surface area (Å²) in [4.78, 5) is 18.8. The number of oxazole rings is 1. The molecule has 0 atom stereocenters. The van der Waals surface area contributed by atoms with Crippen molar-refractivity contribution in [3.63, 3.8) is 0 Å². The van der Waals surface area contributed by atoms with Gasteiger partial charge in [-0.05, 0) is 32.7 Å². The van der Waals surface area contributed by atoms with Crippen LogP contribution in [0.1, 0.15) is 35.3 Å². The second-order valence-corrected chi connectivity index (χ2v) is 6.40. The summed E-state index contributed by atoms with van der Waals surface area (Å²) in [7, 11) is 0. The highest BCUT2D eigenvalue weighted by molar-refractivity contribution is 5.97. The van der Waals surface area contributed by atoms with Crippen LogP contribution < -0.4 is 5.73 Å². The van der Waals surface area contributed by atoms with Gasteiger partial charge in [0.15, 0.2) is 17.8 Å². The van der Waals surface area contributed by atoms with Crippen LogP contribution in [0.15, 0.2) is 35.1 Å². The van der Waals surface area contributed by atoms with E-state index < -0.39 is 0 Å². The number of amides is 1. The first-order valence-electron chi connectivity index (χ1n) is 8.80. The Morgan fingerprint density at radius 1 is 1.26 bits per heavy atom. The van der Waals surface area contributed by atoms with Crippen molar-refractivity contribution < 1.29 is 13.9 Å². The zero-order valence-corrected chi connectivity index (χ0v) is 17.1. The zero-order chi connectivity index (χ0) is 17.6. The lowest BCUT2D eigenvalue weighted by molar-refractivity contribution is 0.00832. The second-order valence-electron chi connectivity index (χ2n) is 6.40. The van der Waals surface area contributed by atoms with Crippen molar-refractivity contribution in [1.82, 2.24) is 9.88 Å². The van der Waals surface area contributed by atoms with Crippen LogP contribution in [0.3, 0.4) is 0 Å². The maximum Gasteiger partial charge on any atom is 0.276 e. The number of benzene rings is 1. The predicted octanol–water partition coefficient (Wildman–Crippen LogP) is 3.46. The third-order valence-corrected chi connectivity index (χ3v) is 4.51. The number of aromatic nitrogens is 1. The van der Waals surface area contributed by atoms with Crippen molar-refractivity contribution in [1.29, 1.82) is 0 Å². The molecule has 27 heavy (non-hydrogen) atoms. The third-order valence-electron chi connectivity index (χ3n) is 4.51. The van der Waals surface area contributed by atoms with Crippen LogP contribution in [0, 0.1) is 6.92 Å². The Kier molecular flexibility index (Phi) is 9.80. The lowest BCUT2D eigenvalue weighted by Crippen LogP contribution is -2.41. The summed E-state index contributed by atoms with van der Waals surface area (Å²) in [5, 5.41) is 0. The molecule has 0 unspecified atom stereocenters. The van der Waals surface area contributed by atoms with E-state index in [0.717, 1.165) is 30.4 Å². The van der Waals surface area contributed by atoms with Gasteiger partial charge in [-0.25, -0.2) is 4.98 Å². The fraction of sp³-hybridized carbons (Fsp3) is 0.474. The second kappa shape index (κ2) is 11.3. The van der Waals surface area contributed by atoms with Crippen LogP contribution in [0.25, 0.3) is 11.3 Å². The van der Waals surface area contributed by atoms with E-state index in [0.29, 0.717) is 37.7 Å². The van der Waals surface area contributed by atoms with Gasteiger partial charge in [0.25, 0.3) is 5.91 Å². The average Bonchev–Trinajstić information content (AvgIpc) is 3.12. The summed E-state index contributed by atoms with van der Waals surface area (Å²) in [6.45, 7) is 4.70. The summed E-state index contributed by atoms with van der Waals surface area (Å²) in [6, 6.07) is 7.89. The normalized spacial score (nSPS) is 14.4. The molecule has 8 heteroatoms. The maximum atomic E-state index is 12.8. The molecule has 1 amide bonds. The first-order valence-corrected chi connectivity index (χ1v) is 8.80. The number of hydrogen-bond donors (Lipinski definition) is 1. The van der Waals surface area contributed by atoms with Gasteiger partial charge < -0.3 is 19.8 Å². The van der Waals surface area contributed by atoms with Gasteiger partial charge in [-0.15, -0.1) is 24.8 Å². The molecule has 1 fully saturated rings. The molecule has 1 aliphatic rings. The predicted molar refractivity (Wildman–Crippen MR) is 110 cm³/mol. The lowest BCUT2D eigenvalue weighted by atomic mass is 10.1. The molecule has 0 radical (unpaired) electrons. The van der Waals surface area contributed by atoms with Crippen molar-refractivity contribution in [3.05, 3.63) is 41.9 Å². The summed E-state index contributed by atoms with van der Waals surface area (Å²) >= 11 is 0. The van der Waals surface area contributed by atoms with Crippen molar-refractivity contribution in [3.8, 4) is 11.3 Å². The number of ether oxygens (including phenoxy) is 1. The summed E-state index contributed by atoms with van der Waals surface area (Å²) in [5.74, 6) is 0.455. The van der Waals surface area contributed by atoms with E-state index in [4.69, 9.17) is 14.9 Å². The number of carbonyl (C=O) groups is 1. The number of nitrogens with zero attached hydrogens (tertiary/aromatic N) is 2. The van der Waals surface area contributed by atoms with E-state index in [-0.39, 0.29) is 36.8 Å². The van der Waals surface area contributed by atoms with Crippen LogP contribution >= 0.6 is 24.8 Å².